The summed E-state index contributed by atoms with van der Waals surface area (Å²) in [4.78, 5) is 26.1. The number of likely N-dealkylation sites (tertiary alicyclic amines) is 1. The molecule has 1 aromatic carbocycles. The number of hydrogen-bond donors (Lipinski definition) is 0. The Bertz CT molecular complexity index is 512. The van der Waals surface area contributed by atoms with Crippen LogP contribution in [0.4, 0.5) is 0 Å². The zero-order valence-electron chi connectivity index (χ0n) is 12.3. The molecule has 0 aromatic heterocycles. The van der Waals surface area contributed by atoms with Crippen molar-refractivity contribution >= 4 is 11.9 Å². The smallest absolute Gasteiger partial charge is 0.328 e. The Hall–Kier alpha value is -2.10. The number of allylic oxidation sites excluding steroid dienone is 1. The lowest BCUT2D eigenvalue weighted by Gasteiger charge is -2.29. The van der Waals surface area contributed by atoms with E-state index in [1.54, 1.807) is 11.0 Å². The molecule has 0 unspecified atom stereocenters. The molecule has 1 heterocycles. The molecule has 4 heteroatoms. The lowest BCUT2D eigenvalue weighted by atomic mass is 10.0. The largest absolute Gasteiger partial charge is 0.467 e. The minimum Gasteiger partial charge on any atom is -0.467 e. The second-order valence-corrected chi connectivity index (χ2v) is 5.17. The first kappa shape index (κ1) is 15.3. The number of methoxy groups -OCH3 is 1. The van der Waals surface area contributed by atoms with Crippen LogP contribution in [0.15, 0.2) is 43.0 Å². The summed E-state index contributed by atoms with van der Waals surface area (Å²) >= 11 is 0. The van der Waals surface area contributed by atoms with Crippen LogP contribution in [-0.4, -0.2) is 29.9 Å². The summed E-state index contributed by atoms with van der Waals surface area (Å²) in [7, 11) is 1.37. The van der Waals surface area contributed by atoms with Crippen LogP contribution in [0.2, 0.25) is 0 Å². The minimum atomic E-state index is -0.475. The molecule has 4 nitrogen and oxygen atoms in total. The quantitative estimate of drug-likeness (QED) is 0.618. The van der Waals surface area contributed by atoms with Crippen LogP contribution in [0.3, 0.4) is 0 Å². The molecule has 112 valence electrons. The second kappa shape index (κ2) is 7.07. The fourth-order valence-corrected chi connectivity index (χ4v) is 2.88. The molecule has 1 fully saturated rings. The van der Waals surface area contributed by atoms with Crippen molar-refractivity contribution in [2.24, 2.45) is 0 Å². The van der Waals surface area contributed by atoms with E-state index in [1.807, 2.05) is 30.3 Å². The van der Waals surface area contributed by atoms with Crippen molar-refractivity contribution in [3.63, 3.8) is 0 Å². The Morgan fingerprint density at radius 3 is 2.67 bits per heavy atom. The third-order valence-electron chi connectivity index (χ3n) is 3.89. The number of carbonyl (C=O) groups excluding carboxylic acids is 2. The summed E-state index contributed by atoms with van der Waals surface area (Å²) in [5.74, 6) is -0.350. The van der Waals surface area contributed by atoms with Gasteiger partial charge in [0.15, 0.2) is 0 Å². The third kappa shape index (κ3) is 3.32. The number of amides is 1. The van der Waals surface area contributed by atoms with Gasteiger partial charge in [-0.15, -0.1) is 6.58 Å². The first-order valence-electron chi connectivity index (χ1n) is 7.24. The second-order valence-electron chi connectivity index (χ2n) is 5.17. The number of esters is 1. The van der Waals surface area contributed by atoms with Gasteiger partial charge in [0.1, 0.15) is 6.04 Å². The van der Waals surface area contributed by atoms with Gasteiger partial charge in [-0.3, -0.25) is 4.79 Å². The molecule has 2 atom stereocenters. The Morgan fingerprint density at radius 2 is 2.05 bits per heavy atom. The summed E-state index contributed by atoms with van der Waals surface area (Å²) in [6.07, 6.45) is 4.14. The number of hydrogen-bond acceptors (Lipinski definition) is 3. The summed E-state index contributed by atoms with van der Waals surface area (Å²) in [6, 6.07) is 9.32. The van der Waals surface area contributed by atoms with Crippen molar-refractivity contribution in [1.29, 1.82) is 0 Å². The summed E-state index contributed by atoms with van der Waals surface area (Å²) in [5.41, 5.74) is 1.07. The van der Waals surface area contributed by atoms with Crippen molar-refractivity contribution < 1.29 is 14.3 Å². The van der Waals surface area contributed by atoms with Crippen molar-refractivity contribution in [3.8, 4) is 0 Å². The Morgan fingerprint density at radius 1 is 1.33 bits per heavy atom. The molecular weight excluding hydrogens is 266 g/mol. The third-order valence-corrected chi connectivity index (χ3v) is 3.89. The maximum absolute atomic E-state index is 12.5. The molecule has 2 rings (SSSR count). The van der Waals surface area contributed by atoms with E-state index in [1.165, 1.54) is 7.11 Å². The molecular formula is C17H21NO3. The highest BCUT2D eigenvalue weighted by atomic mass is 16.5. The molecule has 0 N–H and O–H groups in total. The van der Waals surface area contributed by atoms with Crippen LogP contribution in [0, 0.1) is 0 Å². The van der Waals surface area contributed by atoms with Gasteiger partial charge < -0.3 is 9.64 Å². The zero-order chi connectivity index (χ0) is 15.2. The lowest BCUT2D eigenvalue weighted by Crippen LogP contribution is -2.42. The normalized spacial score (nSPS) is 21.1. The number of rotatable bonds is 5. The maximum Gasteiger partial charge on any atom is 0.328 e. The van der Waals surface area contributed by atoms with E-state index >= 15 is 0 Å². The van der Waals surface area contributed by atoms with Crippen molar-refractivity contribution in [2.45, 2.75) is 37.8 Å². The van der Waals surface area contributed by atoms with Gasteiger partial charge >= 0.3 is 5.97 Å². The highest BCUT2D eigenvalue weighted by Crippen LogP contribution is 2.37. The molecule has 1 saturated heterocycles. The highest BCUT2D eigenvalue weighted by Gasteiger charge is 2.41. The fraction of sp³-hybridized carbons (Fsp3) is 0.412. The zero-order valence-corrected chi connectivity index (χ0v) is 12.3. The van der Waals surface area contributed by atoms with Crippen LogP contribution in [0.1, 0.15) is 37.3 Å². The Balaban J connectivity index is 2.25. The molecule has 1 amide bonds. The van der Waals surface area contributed by atoms with Gasteiger partial charge in [0.2, 0.25) is 5.91 Å². The van der Waals surface area contributed by atoms with E-state index in [4.69, 9.17) is 4.74 Å². The van der Waals surface area contributed by atoms with E-state index in [9.17, 15) is 9.59 Å². The number of benzene rings is 1. The SMILES string of the molecule is C=CCCC(=O)N1[C@@H](C(=O)OC)CC[C@H]1c1ccccc1. The first-order chi connectivity index (χ1) is 10.2. The standard InChI is InChI=1S/C17H21NO3/c1-3-4-10-16(19)18-14(13-8-6-5-7-9-13)11-12-15(18)17(20)21-2/h3,5-9,14-15H,1,4,10-12H2,2H3/t14-,15+/m0/s1. The van der Waals surface area contributed by atoms with Gasteiger partial charge in [0, 0.05) is 6.42 Å². The highest BCUT2D eigenvalue weighted by molar-refractivity contribution is 5.85. The van der Waals surface area contributed by atoms with Gasteiger partial charge in [-0.1, -0.05) is 36.4 Å². The number of carbonyl (C=O) groups is 2. The lowest BCUT2D eigenvalue weighted by molar-refractivity contribution is -0.152. The molecule has 0 spiro atoms. The molecule has 21 heavy (non-hydrogen) atoms. The van der Waals surface area contributed by atoms with Crippen LogP contribution < -0.4 is 0 Å². The minimum absolute atomic E-state index is 0.0170. The van der Waals surface area contributed by atoms with Gasteiger partial charge in [0.25, 0.3) is 0 Å². The van der Waals surface area contributed by atoms with Gasteiger partial charge in [-0.2, -0.15) is 0 Å². The van der Waals surface area contributed by atoms with Crippen LogP contribution >= 0.6 is 0 Å². The van der Waals surface area contributed by atoms with E-state index in [2.05, 4.69) is 6.58 Å². The summed E-state index contributed by atoms with van der Waals surface area (Å²) in [6.45, 7) is 3.64. The predicted molar refractivity (Wildman–Crippen MR) is 80.5 cm³/mol. The summed E-state index contributed by atoms with van der Waals surface area (Å²) in [5, 5.41) is 0. The molecule has 1 aromatic rings. The average molecular weight is 287 g/mol. The van der Waals surface area contributed by atoms with E-state index in [0.717, 1.165) is 12.0 Å². The van der Waals surface area contributed by atoms with Crippen molar-refractivity contribution in [3.05, 3.63) is 48.6 Å². The van der Waals surface area contributed by atoms with Gasteiger partial charge in [-0.05, 0) is 24.8 Å². The van der Waals surface area contributed by atoms with E-state index < -0.39 is 6.04 Å². The molecule has 0 bridgehead atoms. The first-order valence-corrected chi connectivity index (χ1v) is 7.24. The molecule has 0 radical (unpaired) electrons. The predicted octanol–water partition coefficient (Wildman–Crippen LogP) is 2.86. The molecule has 0 saturated carbocycles. The van der Waals surface area contributed by atoms with Crippen molar-refractivity contribution in [1.82, 2.24) is 4.90 Å². The molecule has 0 aliphatic carbocycles. The number of ether oxygens (including phenoxy) is 1. The van der Waals surface area contributed by atoms with E-state index in [-0.39, 0.29) is 17.9 Å². The van der Waals surface area contributed by atoms with Crippen LogP contribution in [0.25, 0.3) is 0 Å². The van der Waals surface area contributed by atoms with Gasteiger partial charge in [-0.25, -0.2) is 4.79 Å². The monoisotopic (exact) mass is 287 g/mol. The summed E-state index contributed by atoms with van der Waals surface area (Å²) < 4.78 is 4.85. The fourth-order valence-electron chi connectivity index (χ4n) is 2.88. The van der Waals surface area contributed by atoms with Gasteiger partial charge in [0.05, 0.1) is 13.2 Å². The van der Waals surface area contributed by atoms with Crippen molar-refractivity contribution in [2.75, 3.05) is 7.11 Å². The topological polar surface area (TPSA) is 46.6 Å². The van der Waals surface area contributed by atoms with Crippen LogP contribution in [0.5, 0.6) is 0 Å². The molecule has 1 aliphatic rings. The average Bonchev–Trinajstić information content (AvgIpc) is 2.97. The Kier molecular flexibility index (Phi) is 5.14. The number of nitrogens with zero attached hydrogens (tertiary/aromatic N) is 1. The molecule has 1 aliphatic heterocycles. The Labute approximate surface area is 125 Å². The maximum atomic E-state index is 12.5. The van der Waals surface area contributed by atoms with E-state index in [0.29, 0.717) is 19.3 Å². The van der Waals surface area contributed by atoms with Crippen LogP contribution in [-0.2, 0) is 14.3 Å².